The molecule has 0 fully saturated rings. The van der Waals surface area contributed by atoms with E-state index in [0.717, 1.165) is 57.4 Å². The Bertz CT molecular complexity index is 1730. The molecule has 2 aromatic rings. The van der Waals surface area contributed by atoms with Gasteiger partial charge in [-0.05, 0) is 75.6 Å². The first-order valence-corrected chi connectivity index (χ1v) is 29.2. The molecule has 0 saturated carbocycles. The van der Waals surface area contributed by atoms with E-state index in [2.05, 4.69) is 32.4 Å². The number of hydrogen-bond acceptors (Lipinski definition) is 14. The van der Waals surface area contributed by atoms with Crippen LogP contribution in [0.25, 0.3) is 0 Å². The van der Waals surface area contributed by atoms with Crippen molar-refractivity contribution < 1.29 is 82.5 Å². The fourth-order valence-electron chi connectivity index (χ4n) is 7.30. The summed E-state index contributed by atoms with van der Waals surface area (Å²) in [6.45, 7) is 10.6. The van der Waals surface area contributed by atoms with Crippen molar-refractivity contribution in [1.29, 1.82) is 0 Å². The maximum Gasteiger partial charge on any atom is 0.339 e. The smallest absolute Gasteiger partial charge is 0.339 e. The van der Waals surface area contributed by atoms with Gasteiger partial charge in [-0.25, -0.2) is 28.8 Å². The number of carbonyl (C=O) groups is 8. The molecule has 2 aromatic carbocycles. The average Bonchev–Trinajstić information content (AvgIpc) is 3.45. The number of rotatable bonds is 43. The van der Waals surface area contributed by atoms with Crippen LogP contribution >= 0.6 is 0 Å². The number of carboxylic acid groups (broad SMARTS) is 3. The van der Waals surface area contributed by atoms with E-state index in [-0.39, 0.29) is 26.1 Å². The highest BCUT2D eigenvalue weighted by Gasteiger charge is 2.20. The van der Waals surface area contributed by atoms with E-state index < -0.39 is 47.8 Å². The van der Waals surface area contributed by atoms with E-state index in [1.54, 1.807) is 48.5 Å². The summed E-state index contributed by atoms with van der Waals surface area (Å²) in [7, 11) is 0. The van der Waals surface area contributed by atoms with Crippen LogP contribution in [0.2, 0.25) is 0 Å². The van der Waals surface area contributed by atoms with Crippen LogP contribution in [-0.4, -0.2) is 108 Å². The molecule has 0 aliphatic rings. The lowest BCUT2D eigenvalue weighted by Crippen LogP contribution is -2.15. The van der Waals surface area contributed by atoms with E-state index >= 15 is 0 Å². The van der Waals surface area contributed by atoms with E-state index in [4.69, 9.17) is 39.4 Å². The van der Waals surface area contributed by atoms with Crippen LogP contribution in [0.5, 0.6) is 0 Å². The second kappa shape index (κ2) is 55.2. The first kappa shape index (κ1) is 75.0. The second-order valence-electron chi connectivity index (χ2n) is 19.0. The van der Waals surface area contributed by atoms with E-state index in [1.807, 2.05) is 0 Å². The van der Waals surface area contributed by atoms with Gasteiger partial charge in [-0.1, -0.05) is 180 Å². The topological polar surface area (TPSA) is 264 Å². The molecule has 17 heteroatoms. The molecule has 0 amide bonds. The molecule has 0 unspecified atom stereocenters. The van der Waals surface area contributed by atoms with Gasteiger partial charge < -0.3 is 44.1 Å². The maximum absolute atomic E-state index is 12.4. The Morgan fingerprint density at radius 2 is 0.595 bits per heavy atom. The number of esters is 5. The summed E-state index contributed by atoms with van der Waals surface area (Å²) in [6, 6.07) is 13.5. The highest BCUT2D eigenvalue weighted by molar-refractivity contribution is 6.04. The highest BCUT2D eigenvalue weighted by Crippen LogP contribution is 2.16. The van der Waals surface area contributed by atoms with Crippen molar-refractivity contribution in [2.75, 3.05) is 39.6 Å². The molecule has 0 saturated heterocycles. The lowest BCUT2D eigenvalue weighted by molar-refractivity contribution is -0.139. The molecule has 2 rings (SSSR count). The zero-order chi connectivity index (χ0) is 59.0. The monoisotopic (exact) mass is 1110 g/mol. The first-order chi connectivity index (χ1) is 38.2. The molecule has 17 nitrogen and oxygen atoms in total. The standard InChI is InChI=1S/2C24H38O4.C8H12O5.C6H10O4/c2*1-3-5-7-9-11-15-19-27-23(25)21-17-13-14-18-22(21)24(26)28-20-16-12-10-8-6-4-2;9-5-1-2-6-13-8(12)4-3-7(10)11;7-5(8)3-1-2-4-6(9)10/h2*13-14,17-18H,3-12,15-16,19-20H2,1-2H3;3-4,9H,1-2,5-6H2,(H,10,11);1-4H2,(H,7,8)(H,9,10)/b;;4-3-;. The molecule has 0 atom stereocenters. The Morgan fingerprint density at radius 3 is 0.848 bits per heavy atom. The molecule has 0 aliphatic carbocycles. The SMILES string of the molecule is CCCCCCCCOC(=O)c1ccccc1C(=O)OCCCCCCCC.CCCCCCCCOC(=O)c1ccccc1C(=O)OCCCCCCCC.O=C(O)/C=C\C(=O)OCCCCO.O=C(O)CCCCC(=O)O. The van der Waals surface area contributed by atoms with Crippen molar-refractivity contribution in [3.63, 3.8) is 0 Å². The summed E-state index contributed by atoms with van der Waals surface area (Å²) in [6.07, 6.45) is 31.0. The minimum Gasteiger partial charge on any atom is -0.481 e. The van der Waals surface area contributed by atoms with Crippen molar-refractivity contribution in [3.05, 3.63) is 82.9 Å². The number of benzene rings is 2. The summed E-state index contributed by atoms with van der Waals surface area (Å²) in [5.74, 6) is -5.38. The number of ether oxygens (including phenoxy) is 5. The first-order valence-electron chi connectivity index (χ1n) is 29.2. The van der Waals surface area contributed by atoms with Gasteiger partial charge in [-0.2, -0.15) is 0 Å². The summed E-state index contributed by atoms with van der Waals surface area (Å²) in [5, 5.41) is 32.8. The number of hydrogen-bond donors (Lipinski definition) is 4. The zero-order valence-corrected chi connectivity index (χ0v) is 48.3. The second-order valence-corrected chi connectivity index (χ2v) is 19.0. The van der Waals surface area contributed by atoms with Crippen molar-refractivity contribution in [2.24, 2.45) is 0 Å². The summed E-state index contributed by atoms with van der Waals surface area (Å²) >= 11 is 0. The molecule has 0 radical (unpaired) electrons. The van der Waals surface area contributed by atoms with Gasteiger partial charge in [0.2, 0.25) is 0 Å². The van der Waals surface area contributed by atoms with E-state index in [9.17, 15) is 38.4 Å². The van der Waals surface area contributed by atoms with E-state index in [0.29, 0.717) is 80.4 Å². The molecule has 0 bridgehead atoms. The molecular weight excluding hydrogens is 1020 g/mol. The summed E-state index contributed by atoms with van der Waals surface area (Å²) in [4.78, 5) is 89.8. The van der Waals surface area contributed by atoms with Crippen LogP contribution in [0.15, 0.2) is 60.7 Å². The molecule has 0 aromatic heterocycles. The van der Waals surface area contributed by atoms with Crippen molar-refractivity contribution in [1.82, 2.24) is 0 Å². The van der Waals surface area contributed by atoms with Crippen LogP contribution in [0, 0.1) is 0 Å². The van der Waals surface area contributed by atoms with Gasteiger partial charge >= 0.3 is 47.8 Å². The fraction of sp³-hybridized carbons (Fsp3) is 0.645. The molecule has 0 aliphatic heterocycles. The number of carboxylic acids is 3. The van der Waals surface area contributed by atoms with Gasteiger partial charge in [0.05, 0.1) is 55.3 Å². The van der Waals surface area contributed by atoms with Crippen molar-refractivity contribution >= 4 is 47.8 Å². The fourth-order valence-corrected chi connectivity index (χ4v) is 7.30. The third kappa shape index (κ3) is 47.6. The van der Waals surface area contributed by atoms with Gasteiger partial charge in [0.15, 0.2) is 0 Å². The van der Waals surface area contributed by atoms with Gasteiger partial charge in [0, 0.05) is 31.6 Å². The number of carbonyl (C=O) groups excluding carboxylic acids is 5. The summed E-state index contributed by atoms with van der Waals surface area (Å²) in [5.41, 5.74) is 1.17. The Kier molecular flexibility index (Phi) is 52.4. The minimum atomic E-state index is -1.19. The average molecular weight is 1120 g/mol. The molecule has 4 N–H and O–H groups in total. The van der Waals surface area contributed by atoms with Gasteiger partial charge in [-0.15, -0.1) is 0 Å². The van der Waals surface area contributed by atoms with Crippen LogP contribution < -0.4 is 0 Å². The van der Waals surface area contributed by atoms with E-state index in [1.165, 1.54) is 103 Å². The highest BCUT2D eigenvalue weighted by atomic mass is 16.5. The van der Waals surface area contributed by atoms with Crippen LogP contribution in [0.4, 0.5) is 0 Å². The quantitative estimate of drug-likeness (QED) is 0.0208. The zero-order valence-electron chi connectivity index (χ0n) is 48.3. The Labute approximate surface area is 471 Å². The van der Waals surface area contributed by atoms with Crippen LogP contribution in [0.1, 0.15) is 262 Å². The molecular formula is C62H98O17. The maximum atomic E-state index is 12.4. The summed E-state index contributed by atoms with van der Waals surface area (Å²) < 4.78 is 26.0. The predicted molar refractivity (Wildman–Crippen MR) is 305 cm³/mol. The van der Waals surface area contributed by atoms with Crippen molar-refractivity contribution in [3.8, 4) is 0 Å². The number of aliphatic hydroxyl groups is 1. The number of unbranched alkanes of at least 4 members (excludes halogenated alkanes) is 22. The lowest BCUT2D eigenvalue weighted by atomic mass is 10.1. The van der Waals surface area contributed by atoms with Gasteiger partial charge in [0.25, 0.3) is 0 Å². The van der Waals surface area contributed by atoms with Crippen LogP contribution in [-0.2, 0) is 42.9 Å². The molecule has 0 heterocycles. The largest absolute Gasteiger partial charge is 0.481 e. The van der Waals surface area contributed by atoms with Crippen LogP contribution in [0.3, 0.4) is 0 Å². The minimum absolute atomic E-state index is 0.0581. The number of aliphatic carboxylic acids is 3. The van der Waals surface area contributed by atoms with Gasteiger partial charge in [0.1, 0.15) is 0 Å². The Morgan fingerprint density at radius 1 is 0.342 bits per heavy atom. The molecule has 0 spiro atoms. The van der Waals surface area contributed by atoms with Crippen molar-refractivity contribution in [2.45, 2.75) is 220 Å². The molecule has 448 valence electrons. The Hall–Kier alpha value is -6.10. The Balaban J connectivity index is 0. The normalized spacial score (nSPS) is 10.4. The molecule has 79 heavy (non-hydrogen) atoms. The number of aliphatic hydroxyl groups excluding tert-OH is 1. The lowest BCUT2D eigenvalue weighted by Gasteiger charge is -2.10. The predicted octanol–water partition coefficient (Wildman–Crippen LogP) is 14.1. The third-order valence-electron chi connectivity index (χ3n) is 11.8. The van der Waals surface area contributed by atoms with Gasteiger partial charge in [-0.3, -0.25) is 9.59 Å². The third-order valence-corrected chi connectivity index (χ3v) is 11.8.